The zero-order valence-electron chi connectivity index (χ0n) is 26.5. The van der Waals surface area contributed by atoms with Crippen LogP contribution < -0.4 is 20.7 Å². The largest absolute Gasteiger partial charge is 0.494 e. The standard InChI is InChI=1S/C37H32ClFN4O4S2/c1-3-33(36(46)43-37-42-32(22-48-37)23-16-18-26(19-17-23)47-4-2)49-27-13-8-12-25(20-27)40-35(45)31(21-28-29(38)14-9-15-30(28)39)41-34(44)24-10-6-5-7-11-24/h5-22,33H,3-4H2,1-2H3,(H,40,45)(H,41,44)(H,42,43,46)/b31-21+. The summed E-state index contributed by atoms with van der Waals surface area (Å²) in [6.45, 7) is 4.43. The van der Waals surface area contributed by atoms with Crippen molar-refractivity contribution in [2.45, 2.75) is 30.4 Å². The van der Waals surface area contributed by atoms with Crippen LogP contribution in [0.25, 0.3) is 17.3 Å². The molecule has 0 saturated carbocycles. The first kappa shape index (κ1) is 35.3. The maximum atomic E-state index is 14.7. The molecular formula is C37H32ClFN4O4S2. The molecule has 250 valence electrons. The van der Waals surface area contributed by atoms with E-state index in [0.717, 1.165) is 21.9 Å². The molecular weight excluding hydrogens is 683 g/mol. The number of hydrogen-bond acceptors (Lipinski definition) is 7. The number of halogens is 2. The van der Waals surface area contributed by atoms with Gasteiger partial charge in [-0.3, -0.25) is 14.4 Å². The molecule has 49 heavy (non-hydrogen) atoms. The van der Waals surface area contributed by atoms with Crippen LogP contribution in [0.5, 0.6) is 5.75 Å². The van der Waals surface area contributed by atoms with E-state index in [0.29, 0.717) is 29.4 Å². The fourth-order valence-electron chi connectivity index (χ4n) is 4.61. The Morgan fingerprint density at radius 1 is 0.959 bits per heavy atom. The number of benzene rings is 4. The Hall–Kier alpha value is -4.97. The van der Waals surface area contributed by atoms with Crippen molar-refractivity contribution in [2.24, 2.45) is 0 Å². The molecule has 0 aliphatic rings. The molecule has 3 N–H and O–H groups in total. The third kappa shape index (κ3) is 9.56. The van der Waals surface area contributed by atoms with Crippen LogP contribution in [-0.2, 0) is 9.59 Å². The van der Waals surface area contributed by atoms with Gasteiger partial charge >= 0.3 is 0 Å². The van der Waals surface area contributed by atoms with Gasteiger partial charge in [-0.2, -0.15) is 0 Å². The third-order valence-electron chi connectivity index (χ3n) is 7.05. The molecule has 1 atom stereocenters. The highest BCUT2D eigenvalue weighted by atomic mass is 35.5. The maximum Gasteiger partial charge on any atom is 0.272 e. The number of carbonyl (C=O) groups excluding carboxylic acids is 3. The first-order valence-electron chi connectivity index (χ1n) is 15.3. The number of rotatable bonds is 13. The fraction of sp³-hybridized carbons (Fsp3) is 0.135. The van der Waals surface area contributed by atoms with Gasteiger partial charge in [-0.25, -0.2) is 9.37 Å². The summed E-state index contributed by atoms with van der Waals surface area (Å²) in [5, 5.41) is 10.3. The van der Waals surface area contributed by atoms with Gasteiger partial charge in [0.1, 0.15) is 17.3 Å². The highest BCUT2D eigenvalue weighted by molar-refractivity contribution is 8.00. The van der Waals surface area contributed by atoms with Gasteiger partial charge in [0.05, 0.1) is 22.6 Å². The van der Waals surface area contributed by atoms with E-state index in [1.54, 1.807) is 48.5 Å². The summed E-state index contributed by atoms with van der Waals surface area (Å²) in [7, 11) is 0. The molecule has 8 nitrogen and oxygen atoms in total. The lowest BCUT2D eigenvalue weighted by Gasteiger charge is -2.15. The summed E-state index contributed by atoms with van der Waals surface area (Å²) in [6, 6.07) is 27.1. The first-order valence-corrected chi connectivity index (χ1v) is 17.5. The summed E-state index contributed by atoms with van der Waals surface area (Å²) in [5.74, 6) is -1.32. The van der Waals surface area contributed by atoms with Crippen LogP contribution in [0.4, 0.5) is 15.2 Å². The molecule has 0 bridgehead atoms. The number of carbonyl (C=O) groups is 3. The Balaban J connectivity index is 1.28. The lowest BCUT2D eigenvalue weighted by molar-refractivity contribution is -0.116. The van der Waals surface area contributed by atoms with Gasteiger partial charge in [-0.15, -0.1) is 23.1 Å². The van der Waals surface area contributed by atoms with Crippen molar-refractivity contribution < 1.29 is 23.5 Å². The van der Waals surface area contributed by atoms with Crippen molar-refractivity contribution in [3.05, 3.63) is 130 Å². The first-order chi connectivity index (χ1) is 23.7. The lowest BCUT2D eigenvalue weighted by atomic mass is 10.1. The molecule has 1 heterocycles. The molecule has 4 aromatic carbocycles. The van der Waals surface area contributed by atoms with Crippen LogP contribution >= 0.6 is 34.7 Å². The molecule has 0 aliphatic heterocycles. The van der Waals surface area contributed by atoms with E-state index in [9.17, 15) is 18.8 Å². The van der Waals surface area contributed by atoms with Crippen LogP contribution in [0.3, 0.4) is 0 Å². The number of amides is 3. The van der Waals surface area contributed by atoms with Crippen LogP contribution in [0.2, 0.25) is 5.02 Å². The minimum absolute atomic E-state index is 0.0457. The number of nitrogens with zero attached hydrogens (tertiary/aromatic N) is 1. The van der Waals surface area contributed by atoms with E-state index >= 15 is 0 Å². The predicted molar refractivity (Wildman–Crippen MR) is 196 cm³/mol. The molecule has 3 amide bonds. The predicted octanol–water partition coefficient (Wildman–Crippen LogP) is 8.92. The Labute approximate surface area is 296 Å². The normalized spacial score (nSPS) is 11.8. The van der Waals surface area contributed by atoms with E-state index in [2.05, 4.69) is 20.9 Å². The maximum absolute atomic E-state index is 14.7. The number of thiazole rings is 1. The minimum atomic E-state index is -0.692. The summed E-state index contributed by atoms with van der Waals surface area (Å²) in [4.78, 5) is 45.1. The zero-order valence-corrected chi connectivity index (χ0v) is 28.9. The second-order valence-corrected chi connectivity index (χ2v) is 13.0. The molecule has 0 saturated heterocycles. The van der Waals surface area contributed by atoms with Crippen LogP contribution in [0.1, 0.15) is 36.2 Å². The average molecular weight is 715 g/mol. The zero-order chi connectivity index (χ0) is 34.8. The van der Waals surface area contributed by atoms with Gasteiger partial charge in [0.15, 0.2) is 5.13 Å². The number of hydrogen-bond donors (Lipinski definition) is 3. The quantitative estimate of drug-likeness (QED) is 0.0830. The number of aromatic nitrogens is 1. The van der Waals surface area contributed by atoms with Crippen LogP contribution in [0.15, 0.2) is 113 Å². The second kappa shape index (κ2) is 16.9. The summed E-state index contributed by atoms with van der Waals surface area (Å²) in [6.07, 6.45) is 1.73. The molecule has 0 aliphatic carbocycles. The number of ether oxygens (including phenoxy) is 1. The summed E-state index contributed by atoms with van der Waals surface area (Å²) >= 11 is 8.90. The van der Waals surface area contributed by atoms with Gasteiger partial charge in [0, 0.05) is 32.7 Å². The van der Waals surface area contributed by atoms with E-state index in [4.69, 9.17) is 16.3 Å². The van der Waals surface area contributed by atoms with Gasteiger partial charge in [-0.1, -0.05) is 48.9 Å². The Morgan fingerprint density at radius 3 is 2.43 bits per heavy atom. The topological polar surface area (TPSA) is 109 Å². The third-order valence-corrected chi connectivity index (χ3v) is 9.49. The summed E-state index contributed by atoms with van der Waals surface area (Å²) < 4.78 is 20.2. The average Bonchev–Trinajstić information content (AvgIpc) is 3.57. The lowest BCUT2D eigenvalue weighted by Crippen LogP contribution is -2.30. The van der Waals surface area contributed by atoms with Gasteiger partial charge in [-0.05, 0) is 86.2 Å². The van der Waals surface area contributed by atoms with Gasteiger partial charge in [0.25, 0.3) is 11.8 Å². The molecule has 0 radical (unpaired) electrons. The van der Waals surface area contributed by atoms with Crippen LogP contribution in [0, 0.1) is 5.82 Å². The highest BCUT2D eigenvalue weighted by Gasteiger charge is 2.21. The van der Waals surface area contributed by atoms with E-state index in [-0.39, 0.29) is 22.2 Å². The van der Waals surface area contributed by atoms with Gasteiger partial charge in [0.2, 0.25) is 5.91 Å². The number of anilines is 2. The number of thioether (sulfide) groups is 1. The highest BCUT2D eigenvalue weighted by Crippen LogP contribution is 2.31. The molecule has 12 heteroatoms. The Bertz CT molecular complexity index is 1950. The van der Waals surface area contributed by atoms with Crippen molar-refractivity contribution in [2.75, 3.05) is 17.2 Å². The van der Waals surface area contributed by atoms with Crippen LogP contribution in [-0.4, -0.2) is 34.6 Å². The molecule has 5 aromatic rings. The smallest absolute Gasteiger partial charge is 0.272 e. The van der Waals surface area contributed by atoms with Crippen molar-refractivity contribution in [3.63, 3.8) is 0 Å². The minimum Gasteiger partial charge on any atom is -0.494 e. The molecule has 0 spiro atoms. The van der Waals surface area contributed by atoms with E-state index in [1.807, 2.05) is 49.6 Å². The fourth-order valence-corrected chi connectivity index (χ4v) is 6.56. The molecule has 5 rings (SSSR count). The molecule has 0 fully saturated rings. The SMILES string of the molecule is CCOc1ccc(-c2csc(NC(=O)C(CC)Sc3cccc(NC(=O)/C(=C\c4c(F)cccc4Cl)NC(=O)c4ccccc4)c3)n2)cc1. The molecule has 1 aromatic heterocycles. The van der Waals surface area contributed by atoms with Crippen molar-refractivity contribution in [1.29, 1.82) is 0 Å². The molecule has 1 unspecified atom stereocenters. The van der Waals surface area contributed by atoms with Crippen molar-refractivity contribution in [3.8, 4) is 17.0 Å². The Morgan fingerprint density at radius 2 is 1.71 bits per heavy atom. The second-order valence-electron chi connectivity index (χ2n) is 10.5. The summed E-state index contributed by atoms with van der Waals surface area (Å²) in [5.41, 5.74) is 2.12. The van der Waals surface area contributed by atoms with Crippen molar-refractivity contribution in [1.82, 2.24) is 10.3 Å². The number of nitrogens with one attached hydrogen (secondary N) is 3. The monoisotopic (exact) mass is 714 g/mol. The Kier molecular flexibility index (Phi) is 12.2. The van der Waals surface area contributed by atoms with E-state index < -0.39 is 22.9 Å². The van der Waals surface area contributed by atoms with E-state index in [1.165, 1.54) is 47.4 Å². The van der Waals surface area contributed by atoms with Gasteiger partial charge < -0.3 is 20.7 Å². The van der Waals surface area contributed by atoms with Crippen molar-refractivity contribution >= 4 is 69.3 Å².